The lowest BCUT2D eigenvalue weighted by molar-refractivity contribution is -0.645. The highest BCUT2D eigenvalue weighted by Gasteiger charge is 2.16. The van der Waals surface area contributed by atoms with Gasteiger partial charge in [0.05, 0.1) is 0 Å². The average molecular weight is 259 g/mol. The van der Waals surface area contributed by atoms with E-state index in [0.29, 0.717) is 5.25 Å². The van der Waals surface area contributed by atoms with Crippen molar-refractivity contribution in [2.75, 3.05) is 0 Å². The van der Waals surface area contributed by atoms with Crippen molar-refractivity contribution in [3.05, 3.63) is 65.5 Å². The SMILES string of the molecule is CCCC(Sc1cccc[n+]1[O-])c1ccccc1. The Bertz CT molecular complexity index is 487. The van der Waals surface area contributed by atoms with Crippen molar-refractivity contribution in [3.8, 4) is 0 Å². The van der Waals surface area contributed by atoms with Crippen molar-refractivity contribution >= 4 is 11.8 Å². The van der Waals surface area contributed by atoms with Gasteiger partial charge in [-0.1, -0.05) is 43.7 Å². The molecule has 2 aromatic rings. The third kappa shape index (κ3) is 3.26. The predicted octanol–water partition coefficient (Wildman–Crippen LogP) is 3.95. The van der Waals surface area contributed by atoms with Crippen molar-refractivity contribution in [1.82, 2.24) is 0 Å². The van der Waals surface area contributed by atoms with Gasteiger partial charge < -0.3 is 5.21 Å². The molecule has 0 aliphatic heterocycles. The lowest BCUT2D eigenvalue weighted by Gasteiger charge is -2.15. The van der Waals surface area contributed by atoms with Gasteiger partial charge in [-0.15, -0.1) is 0 Å². The molecule has 2 rings (SSSR count). The summed E-state index contributed by atoms with van der Waals surface area (Å²) in [6.45, 7) is 2.17. The molecule has 0 amide bonds. The van der Waals surface area contributed by atoms with E-state index in [1.807, 2.05) is 18.2 Å². The van der Waals surface area contributed by atoms with Crippen molar-refractivity contribution in [1.29, 1.82) is 0 Å². The molecule has 1 aromatic heterocycles. The first-order valence-corrected chi connectivity index (χ1v) is 7.09. The van der Waals surface area contributed by atoms with Gasteiger partial charge in [-0.25, -0.2) is 0 Å². The lowest BCUT2D eigenvalue weighted by Crippen LogP contribution is -2.28. The summed E-state index contributed by atoms with van der Waals surface area (Å²) in [5.74, 6) is 0. The summed E-state index contributed by atoms with van der Waals surface area (Å²) in [6.07, 6.45) is 3.73. The first-order chi connectivity index (χ1) is 8.81. The normalized spacial score (nSPS) is 12.3. The Morgan fingerprint density at radius 2 is 1.83 bits per heavy atom. The first kappa shape index (κ1) is 13.0. The molecule has 0 radical (unpaired) electrons. The van der Waals surface area contributed by atoms with Gasteiger partial charge in [-0.2, -0.15) is 4.73 Å². The quantitative estimate of drug-likeness (QED) is 0.462. The molecule has 0 fully saturated rings. The van der Waals surface area contributed by atoms with Gasteiger partial charge in [0.2, 0.25) is 0 Å². The molecule has 94 valence electrons. The molecule has 1 atom stereocenters. The van der Waals surface area contributed by atoms with Gasteiger partial charge in [0, 0.05) is 17.4 Å². The van der Waals surface area contributed by atoms with Crippen LogP contribution in [0.25, 0.3) is 0 Å². The maximum atomic E-state index is 11.7. The molecule has 0 aliphatic rings. The average Bonchev–Trinajstić information content (AvgIpc) is 2.42. The van der Waals surface area contributed by atoms with Crippen LogP contribution in [0, 0.1) is 5.21 Å². The minimum absolute atomic E-state index is 0.346. The number of benzene rings is 1. The van der Waals surface area contributed by atoms with E-state index in [1.165, 1.54) is 5.56 Å². The van der Waals surface area contributed by atoms with Gasteiger partial charge >= 0.3 is 0 Å². The molecule has 18 heavy (non-hydrogen) atoms. The number of pyridine rings is 1. The third-order valence-corrected chi connectivity index (χ3v) is 4.12. The van der Waals surface area contributed by atoms with Crippen LogP contribution in [-0.4, -0.2) is 0 Å². The van der Waals surface area contributed by atoms with E-state index >= 15 is 0 Å². The molecule has 0 saturated carbocycles. The number of hydrogen-bond acceptors (Lipinski definition) is 2. The summed E-state index contributed by atoms with van der Waals surface area (Å²) in [7, 11) is 0. The smallest absolute Gasteiger partial charge is 0.251 e. The highest BCUT2D eigenvalue weighted by atomic mass is 32.2. The maximum Gasteiger partial charge on any atom is 0.251 e. The summed E-state index contributed by atoms with van der Waals surface area (Å²) in [4.78, 5) is 0. The Hall–Kier alpha value is -1.48. The van der Waals surface area contributed by atoms with Crippen LogP contribution in [0.15, 0.2) is 59.8 Å². The fourth-order valence-electron chi connectivity index (χ4n) is 1.87. The molecule has 1 aromatic carbocycles. The standard InChI is InChI=1S/C15H17NOS/c1-2-8-14(13-9-4-3-5-10-13)18-15-11-6-7-12-16(15)17/h3-7,9-12,14H,2,8H2,1H3. The molecule has 0 saturated heterocycles. The second-order valence-corrected chi connectivity index (χ2v) is 5.39. The first-order valence-electron chi connectivity index (χ1n) is 6.21. The third-order valence-electron chi connectivity index (χ3n) is 2.77. The van der Waals surface area contributed by atoms with Crippen molar-refractivity contribution in [3.63, 3.8) is 0 Å². The van der Waals surface area contributed by atoms with Crippen LogP contribution in [0.5, 0.6) is 0 Å². The second-order valence-electron chi connectivity index (χ2n) is 4.17. The highest BCUT2D eigenvalue weighted by molar-refractivity contribution is 7.99. The second kappa shape index (κ2) is 6.45. The summed E-state index contributed by atoms with van der Waals surface area (Å²) >= 11 is 1.64. The molecule has 0 bridgehead atoms. The van der Waals surface area contributed by atoms with Crippen LogP contribution in [0.1, 0.15) is 30.6 Å². The van der Waals surface area contributed by atoms with Gasteiger partial charge in [-0.05, 0) is 29.8 Å². The minimum atomic E-state index is 0.346. The number of nitrogens with zero attached hydrogens (tertiary/aromatic N) is 1. The zero-order valence-corrected chi connectivity index (χ0v) is 11.3. The van der Waals surface area contributed by atoms with E-state index in [0.717, 1.165) is 22.6 Å². The van der Waals surface area contributed by atoms with E-state index in [4.69, 9.17) is 0 Å². The largest absolute Gasteiger partial charge is 0.618 e. The van der Waals surface area contributed by atoms with Crippen LogP contribution in [0.4, 0.5) is 0 Å². The van der Waals surface area contributed by atoms with Crippen LogP contribution in [0.2, 0.25) is 0 Å². The lowest BCUT2D eigenvalue weighted by atomic mass is 10.1. The molecule has 3 heteroatoms. The number of rotatable bonds is 5. The van der Waals surface area contributed by atoms with Gasteiger partial charge in [0.15, 0.2) is 6.20 Å². The van der Waals surface area contributed by atoms with Crippen LogP contribution in [-0.2, 0) is 0 Å². The number of aromatic nitrogens is 1. The minimum Gasteiger partial charge on any atom is -0.618 e. The fraction of sp³-hybridized carbons (Fsp3) is 0.267. The summed E-state index contributed by atoms with van der Waals surface area (Å²) < 4.78 is 0.941. The molecule has 0 N–H and O–H groups in total. The summed E-state index contributed by atoms with van der Waals surface area (Å²) in [5.41, 5.74) is 1.29. The van der Waals surface area contributed by atoms with Crippen molar-refractivity contribution in [2.45, 2.75) is 30.0 Å². The van der Waals surface area contributed by atoms with Crippen LogP contribution >= 0.6 is 11.8 Å². The fourth-order valence-corrected chi connectivity index (χ4v) is 3.13. The molecule has 0 spiro atoms. The van der Waals surface area contributed by atoms with Crippen LogP contribution < -0.4 is 4.73 Å². The summed E-state index contributed by atoms with van der Waals surface area (Å²) in [5, 5.41) is 12.8. The van der Waals surface area contributed by atoms with E-state index in [2.05, 4.69) is 31.2 Å². The Kier molecular flexibility index (Phi) is 4.65. The van der Waals surface area contributed by atoms with E-state index < -0.39 is 0 Å². The monoisotopic (exact) mass is 259 g/mol. The van der Waals surface area contributed by atoms with Crippen molar-refractivity contribution < 1.29 is 4.73 Å². The Morgan fingerprint density at radius 1 is 1.11 bits per heavy atom. The number of thioether (sulfide) groups is 1. The van der Waals surface area contributed by atoms with Crippen molar-refractivity contribution in [2.24, 2.45) is 0 Å². The van der Waals surface area contributed by atoms with Gasteiger partial charge in [0.25, 0.3) is 5.03 Å². The molecule has 0 aliphatic carbocycles. The molecule has 1 heterocycles. The van der Waals surface area contributed by atoms with E-state index in [1.54, 1.807) is 24.0 Å². The Balaban J connectivity index is 2.19. The Labute approximate surface area is 112 Å². The van der Waals surface area contributed by atoms with Gasteiger partial charge in [-0.3, -0.25) is 0 Å². The zero-order valence-electron chi connectivity index (χ0n) is 10.5. The van der Waals surface area contributed by atoms with Crippen LogP contribution in [0.3, 0.4) is 0 Å². The van der Waals surface area contributed by atoms with Gasteiger partial charge in [0.1, 0.15) is 0 Å². The number of hydrogen-bond donors (Lipinski definition) is 0. The predicted molar refractivity (Wildman–Crippen MR) is 75.4 cm³/mol. The van der Waals surface area contributed by atoms with E-state index in [9.17, 15) is 5.21 Å². The molecule has 1 unspecified atom stereocenters. The highest BCUT2D eigenvalue weighted by Crippen LogP contribution is 2.36. The summed E-state index contributed by atoms with van der Waals surface area (Å²) in [6, 6.07) is 15.9. The molecule has 2 nitrogen and oxygen atoms in total. The molecular weight excluding hydrogens is 242 g/mol. The Morgan fingerprint density at radius 3 is 2.50 bits per heavy atom. The molecular formula is C15H17NOS. The van der Waals surface area contributed by atoms with E-state index in [-0.39, 0.29) is 0 Å². The zero-order chi connectivity index (χ0) is 12.8. The topological polar surface area (TPSA) is 26.9 Å². The maximum absolute atomic E-state index is 11.7.